The molecule has 1 saturated heterocycles. The molecule has 1 unspecified atom stereocenters. The van der Waals surface area contributed by atoms with Gasteiger partial charge in [0.1, 0.15) is 5.82 Å². The first kappa shape index (κ1) is 27.7. The Kier molecular flexibility index (Phi) is 9.48. The highest BCUT2D eigenvalue weighted by molar-refractivity contribution is 6.19. The Balaban J connectivity index is 1.66. The molecule has 1 aromatic rings. The predicted molar refractivity (Wildman–Crippen MR) is 160 cm³/mol. The van der Waals surface area contributed by atoms with Crippen molar-refractivity contribution in [2.45, 2.75) is 12.5 Å². The molecule has 0 aliphatic carbocycles. The average Bonchev–Trinajstić information content (AvgIpc) is 3.20. The van der Waals surface area contributed by atoms with E-state index in [9.17, 15) is 0 Å². The first-order valence-corrected chi connectivity index (χ1v) is 13.6. The van der Waals surface area contributed by atoms with E-state index < -0.39 is 0 Å². The Hall–Kier alpha value is -3.28. The molecule has 4 heterocycles. The van der Waals surface area contributed by atoms with E-state index >= 15 is 0 Å². The zero-order chi connectivity index (χ0) is 27.1. The Morgan fingerprint density at radius 3 is 2.89 bits per heavy atom. The molecular weight excluding hydrogens is 494 g/mol. The molecule has 1 aromatic heterocycles. The number of rotatable bonds is 9. The molecule has 0 radical (unpaired) electrons. The summed E-state index contributed by atoms with van der Waals surface area (Å²) in [7, 11) is 6.16. The van der Waals surface area contributed by atoms with E-state index in [1.807, 2.05) is 30.4 Å². The van der Waals surface area contributed by atoms with Crippen LogP contribution < -0.4 is 9.80 Å². The van der Waals surface area contributed by atoms with Gasteiger partial charge in [-0.25, -0.2) is 4.98 Å². The number of allylic oxidation sites excluding steroid dienone is 7. The van der Waals surface area contributed by atoms with Gasteiger partial charge in [0.25, 0.3) is 0 Å². The van der Waals surface area contributed by atoms with Gasteiger partial charge in [-0.2, -0.15) is 0 Å². The van der Waals surface area contributed by atoms with Gasteiger partial charge in [-0.3, -0.25) is 0 Å². The summed E-state index contributed by atoms with van der Waals surface area (Å²) in [4.78, 5) is 13.6. The molecule has 200 valence electrons. The molecule has 1 fully saturated rings. The van der Waals surface area contributed by atoms with E-state index in [1.54, 1.807) is 6.08 Å². The second kappa shape index (κ2) is 13.0. The maximum Gasteiger partial charge on any atom is 0.141 e. The fourth-order valence-corrected chi connectivity index (χ4v) is 5.11. The van der Waals surface area contributed by atoms with Crippen LogP contribution in [0.4, 0.5) is 11.5 Å². The van der Waals surface area contributed by atoms with Gasteiger partial charge in [-0.05, 0) is 49.9 Å². The second-order valence-corrected chi connectivity index (χ2v) is 10.1. The van der Waals surface area contributed by atoms with Crippen molar-refractivity contribution in [1.82, 2.24) is 14.8 Å². The number of fused-ring (bicyclic) bond motifs is 1. The number of hydrogen-bond acceptors (Lipinski definition) is 6. The summed E-state index contributed by atoms with van der Waals surface area (Å²) in [6.07, 6.45) is 19.2. The molecule has 0 bridgehead atoms. The molecule has 6 nitrogen and oxygen atoms in total. The number of halogens is 1. The number of hydrogen-bond donors (Lipinski definition) is 0. The van der Waals surface area contributed by atoms with Crippen LogP contribution in [0.25, 0.3) is 5.57 Å². The number of likely N-dealkylation sites (N-methyl/N-ethyl adjacent to an activating group) is 1. The van der Waals surface area contributed by atoms with Crippen LogP contribution in [0.15, 0.2) is 96.9 Å². The van der Waals surface area contributed by atoms with E-state index in [2.05, 4.69) is 84.3 Å². The van der Waals surface area contributed by atoms with Crippen molar-refractivity contribution in [1.29, 1.82) is 0 Å². The van der Waals surface area contributed by atoms with E-state index in [0.717, 1.165) is 78.8 Å². The largest absolute Gasteiger partial charge is 0.380 e. The second-order valence-electron chi connectivity index (χ2n) is 9.82. The minimum Gasteiger partial charge on any atom is -0.380 e. The van der Waals surface area contributed by atoms with Crippen molar-refractivity contribution in [2.24, 2.45) is 0 Å². The predicted octanol–water partition coefficient (Wildman–Crippen LogP) is 5.36. The van der Waals surface area contributed by atoms with Gasteiger partial charge in [-0.1, -0.05) is 43.2 Å². The van der Waals surface area contributed by atoms with E-state index in [4.69, 9.17) is 21.3 Å². The van der Waals surface area contributed by atoms with Gasteiger partial charge < -0.3 is 24.3 Å². The van der Waals surface area contributed by atoms with Crippen molar-refractivity contribution in [3.8, 4) is 0 Å². The quantitative estimate of drug-likeness (QED) is 0.242. The molecule has 4 rings (SSSR count). The number of ether oxygens (including phenoxy) is 1. The topological polar surface area (TPSA) is 35.1 Å². The molecule has 1 atom stereocenters. The molecule has 0 spiro atoms. The standard InChI is InChI=1S/C31H38ClN5O/c1-6-7-9-25(10-13-32)30(23-34(3)4)37-16-11-26(20-24(37)2)28-12-15-35(5)31-29(28)21-27(22-33-31)36-14-8-18-38-19-17-36/h6-7,9-11,15-16,20-22,30H,1-2,8,13-14,17-19,23H2,3-5H3/b9-7-,25-10?. The van der Waals surface area contributed by atoms with Gasteiger partial charge >= 0.3 is 0 Å². The van der Waals surface area contributed by atoms with Crippen LogP contribution in [0.3, 0.4) is 0 Å². The molecule has 0 aromatic carbocycles. The lowest BCUT2D eigenvalue weighted by Crippen LogP contribution is -2.40. The Morgan fingerprint density at radius 2 is 2.16 bits per heavy atom. The molecule has 3 aliphatic rings. The van der Waals surface area contributed by atoms with Crippen LogP contribution in [-0.4, -0.2) is 80.7 Å². The van der Waals surface area contributed by atoms with Crippen molar-refractivity contribution in [3.05, 3.63) is 102 Å². The van der Waals surface area contributed by atoms with Gasteiger partial charge in [0, 0.05) is 68.4 Å². The summed E-state index contributed by atoms with van der Waals surface area (Å²) < 4.78 is 5.66. The molecule has 3 aliphatic heterocycles. The molecule has 0 saturated carbocycles. The SMILES string of the molecule is C=C/C=C\C(=CCCl)C(CN(C)C)N1C=CC(C2=C=CN(C)c3ncc(N4CCCOCC4)cc32)=CC1=C. The number of anilines is 2. The van der Waals surface area contributed by atoms with Crippen molar-refractivity contribution in [2.75, 3.05) is 69.7 Å². The van der Waals surface area contributed by atoms with Crippen LogP contribution in [-0.2, 0) is 4.74 Å². The lowest BCUT2D eigenvalue weighted by Gasteiger charge is -2.36. The maximum atomic E-state index is 6.14. The normalized spacial score (nSPS) is 19.0. The van der Waals surface area contributed by atoms with Crippen LogP contribution in [0.2, 0.25) is 0 Å². The summed E-state index contributed by atoms with van der Waals surface area (Å²) in [6, 6.07) is 2.29. The third-order valence-corrected chi connectivity index (χ3v) is 6.95. The Bertz CT molecular complexity index is 1230. The number of pyridine rings is 1. The maximum absolute atomic E-state index is 6.14. The number of aromatic nitrogens is 1. The highest BCUT2D eigenvalue weighted by Crippen LogP contribution is 2.37. The van der Waals surface area contributed by atoms with Crippen LogP contribution in [0.5, 0.6) is 0 Å². The summed E-state index contributed by atoms with van der Waals surface area (Å²) in [5.41, 5.74) is 9.78. The molecule has 0 N–H and O–H groups in total. The fourth-order valence-electron chi connectivity index (χ4n) is 4.93. The summed E-state index contributed by atoms with van der Waals surface area (Å²) in [5.74, 6) is 1.36. The highest BCUT2D eigenvalue weighted by Gasteiger charge is 2.26. The highest BCUT2D eigenvalue weighted by atomic mass is 35.5. The van der Waals surface area contributed by atoms with E-state index in [1.165, 1.54) is 0 Å². The van der Waals surface area contributed by atoms with Crippen molar-refractivity contribution < 1.29 is 4.74 Å². The lowest BCUT2D eigenvalue weighted by atomic mass is 9.93. The zero-order valence-corrected chi connectivity index (χ0v) is 23.5. The third-order valence-electron chi connectivity index (χ3n) is 6.80. The van der Waals surface area contributed by atoms with Gasteiger partial charge in [0.15, 0.2) is 0 Å². The minimum atomic E-state index is 0.0503. The summed E-state index contributed by atoms with van der Waals surface area (Å²) in [6.45, 7) is 12.4. The van der Waals surface area contributed by atoms with Gasteiger partial charge in [-0.15, -0.1) is 11.6 Å². The monoisotopic (exact) mass is 531 g/mol. The number of alkyl halides is 1. The van der Waals surface area contributed by atoms with E-state index in [-0.39, 0.29) is 6.04 Å². The first-order valence-electron chi connectivity index (χ1n) is 13.0. The smallest absolute Gasteiger partial charge is 0.141 e. The Labute approximate surface area is 232 Å². The lowest BCUT2D eigenvalue weighted by molar-refractivity contribution is 0.152. The molecule has 38 heavy (non-hydrogen) atoms. The van der Waals surface area contributed by atoms with E-state index in [0.29, 0.717) is 5.88 Å². The summed E-state index contributed by atoms with van der Waals surface area (Å²) in [5, 5.41) is 0. The fraction of sp³-hybridized carbons (Fsp3) is 0.355. The van der Waals surface area contributed by atoms with Crippen molar-refractivity contribution >= 4 is 28.7 Å². The first-order chi connectivity index (χ1) is 18.4. The Morgan fingerprint density at radius 1 is 1.32 bits per heavy atom. The molecular formula is C31H38ClN5O. The number of nitrogens with zero attached hydrogens (tertiary/aromatic N) is 5. The van der Waals surface area contributed by atoms with Crippen LogP contribution in [0, 0.1) is 0 Å². The van der Waals surface area contributed by atoms with Crippen LogP contribution in [0.1, 0.15) is 12.0 Å². The third kappa shape index (κ3) is 6.40. The molecule has 7 heteroatoms. The zero-order valence-electron chi connectivity index (χ0n) is 22.7. The minimum absolute atomic E-state index is 0.0503. The van der Waals surface area contributed by atoms with Gasteiger partial charge in [0.2, 0.25) is 0 Å². The summed E-state index contributed by atoms with van der Waals surface area (Å²) >= 11 is 6.14. The van der Waals surface area contributed by atoms with Crippen LogP contribution >= 0.6 is 11.6 Å². The average molecular weight is 532 g/mol. The van der Waals surface area contributed by atoms with Crippen molar-refractivity contribution in [3.63, 3.8) is 0 Å². The molecule has 0 amide bonds. The van der Waals surface area contributed by atoms with Gasteiger partial charge in [0.05, 0.1) is 24.5 Å².